The van der Waals surface area contributed by atoms with Crippen molar-refractivity contribution in [3.63, 3.8) is 0 Å². The second-order valence-electron chi connectivity index (χ2n) is 8.55. The minimum Gasteiger partial charge on any atom is -0.295 e. The molecule has 0 amide bonds. The summed E-state index contributed by atoms with van der Waals surface area (Å²) in [7, 11) is 0. The molecule has 3 saturated carbocycles. The van der Waals surface area contributed by atoms with Crippen molar-refractivity contribution >= 4 is 5.78 Å². The first kappa shape index (κ1) is 13.1. The van der Waals surface area contributed by atoms with Crippen molar-refractivity contribution in [2.24, 2.45) is 28.6 Å². The van der Waals surface area contributed by atoms with Crippen LogP contribution in [0.1, 0.15) is 71.6 Å². The van der Waals surface area contributed by atoms with Gasteiger partial charge in [0.05, 0.1) is 0 Å². The van der Waals surface area contributed by atoms with Crippen LogP contribution in [-0.2, 0) is 4.79 Å². The molecule has 3 fully saturated rings. The van der Waals surface area contributed by atoms with Gasteiger partial charge in [-0.3, -0.25) is 4.79 Å². The third kappa shape index (κ3) is 1.64. The van der Waals surface area contributed by atoms with Crippen molar-refractivity contribution in [1.82, 2.24) is 0 Å². The molecule has 4 aliphatic rings. The zero-order valence-corrected chi connectivity index (χ0v) is 13.1. The molecule has 1 nitrogen and oxygen atoms in total. The van der Waals surface area contributed by atoms with E-state index in [4.69, 9.17) is 0 Å². The zero-order chi connectivity index (χ0) is 14.0. The lowest BCUT2D eigenvalue weighted by Gasteiger charge is -2.57. The van der Waals surface area contributed by atoms with Crippen molar-refractivity contribution in [2.45, 2.75) is 71.6 Å². The molecule has 0 bridgehead atoms. The Morgan fingerprint density at radius 3 is 2.70 bits per heavy atom. The monoisotopic (exact) mass is 272 g/mol. The second-order valence-corrected chi connectivity index (χ2v) is 8.55. The average molecular weight is 272 g/mol. The molecule has 0 radical (unpaired) electrons. The van der Waals surface area contributed by atoms with Gasteiger partial charge >= 0.3 is 0 Å². The molecule has 5 atom stereocenters. The van der Waals surface area contributed by atoms with E-state index < -0.39 is 0 Å². The van der Waals surface area contributed by atoms with Crippen LogP contribution in [0.5, 0.6) is 0 Å². The van der Waals surface area contributed by atoms with E-state index in [0.717, 1.165) is 30.6 Å². The van der Waals surface area contributed by atoms with Gasteiger partial charge in [0.15, 0.2) is 5.78 Å². The van der Waals surface area contributed by atoms with Crippen LogP contribution in [-0.4, -0.2) is 5.78 Å². The summed E-state index contributed by atoms with van der Waals surface area (Å²) in [6.45, 7) is 5.05. The maximum Gasteiger partial charge on any atom is 0.155 e. The van der Waals surface area contributed by atoms with Crippen molar-refractivity contribution < 1.29 is 4.79 Å². The number of fused-ring (bicyclic) bond motifs is 5. The Kier molecular flexibility index (Phi) is 2.76. The van der Waals surface area contributed by atoms with E-state index >= 15 is 0 Å². The standard InChI is InChI=1S/C19H28O/c1-18-9-3-4-16(18)15-6-5-13-12-14(20)7-11-19(13,2)17(15)8-10-18/h12,15-17H,3-11H2,1-2H3/t15-,16-,17-,18-,19+/m1/s1. The molecule has 0 saturated heterocycles. The molecular formula is C19H28O. The summed E-state index contributed by atoms with van der Waals surface area (Å²) < 4.78 is 0. The highest BCUT2D eigenvalue weighted by molar-refractivity contribution is 5.91. The van der Waals surface area contributed by atoms with Gasteiger partial charge in [-0.2, -0.15) is 0 Å². The van der Waals surface area contributed by atoms with Crippen molar-refractivity contribution in [2.75, 3.05) is 0 Å². The van der Waals surface area contributed by atoms with Gasteiger partial charge in [0.25, 0.3) is 0 Å². The van der Waals surface area contributed by atoms with Crippen LogP contribution >= 0.6 is 0 Å². The summed E-state index contributed by atoms with van der Waals surface area (Å²) in [4.78, 5) is 11.8. The molecule has 20 heavy (non-hydrogen) atoms. The van der Waals surface area contributed by atoms with Crippen molar-refractivity contribution in [3.05, 3.63) is 11.6 Å². The molecule has 0 aromatic heterocycles. The van der Waals surface area contributed by atoms with Crippen LogP contribution in [0.25, 0.3) is 0 Å². The average Bonchev–Trinajstić information content (AvgIpc) is 2.81. The van der Waals surface area contributed by atoms with Gasteiger partial charge < -0.3 is 0 Å². The van der Waals surface area contributed by atoms with E-state index in [1.54, 1.807) is 0 Å². The lowest BCUT2D eigenvalue weighted by molar-refractivity contribution is -0.117. The fraction of sp³-hybridized carbons (Fsp3) is 0.842. The number of allylic oxidation sites excluding steroid dienone is 1. The highest BCUT2D eigenvalue weighted by Gasteiger charge is 2.55. The quantitative estimate of drug-likeness (QED) is 0.612. The van der Waals surface area contributed by atoms with Gasteiger partial charge in [0.2, 0.25) is 0 Å². The first-order valence-corrected chi connectivity index (χ1v) is 8.77. The normalized spacial score (nSPS) is 51.0. The van der Waals surface area contributed by atoms with Crippen LogP contribution in [0, 0.1) is 28.6 Å². The van der Waals surface area contributed by atoms with Gasteiger partial charge in [-0.1, -0.05) is 25.8 Å². The Hall–Kier alpha value is -0.590. The first-order chi connectivity index (χ1) is 9.53. The largest absolute Gasteiger partial charge is 0.295 e. The molecule has 4 rings (SSSR count). The van der Waals surface area contributed by atoms with E-state index in [1.807, 2.05) is 6.08 Å². The van der Waals surface area contributed by atoms with E-state index in [2.05, 4.69) is 13.8 Å². The molecule has 4 aliphatic carbocycles. The van der Waals surface area contributed by atoms with E-state index in [0.29, 0.717) is 16.6 Å². The summed E-state index contributed by atoms with van der Waals surface area (Å²) in [6.07, 6.45) is 13.8. The Morgan fingerprint density at radius 1 is 1.00 bits per heavy atom. The van der Waals surface area contributed by atoms with Crippen molar-refractivity contribution in [1.29, 1.82) is 0 Å². The van der Waals surface area contributed by atoms with Crippen LogP contribution < -0.4 is 0 Å². The summed E-state index contributed by atoms with van der Waals surface area (Å²) in [5.74, 6) is 3.19. The number of ketones is 1. The van der Waals surface area contributed by atoms with Crippen LogP contribution in [0.4, 0.5) is 0 Å². The zero-order valence-electron chi connectivity index (χ0n) is 13.1. The van der Waals surface area contributed by atoms with Crippen LogP contribution in [0.2, 0.25) is 0 Å². The maximum absolute atomic E-state index is 11.8. The molecule has 0 N–H and O–H groups in total. The van der Waals surface area contributed by atoms with Gasteiger partial charge in [-0.05, 0) is 79.6 Å². The van der Waals surface area contributed by atoms with Gasteiger partial charge in [0, 0.05) is 6.42 Å². The first-order valence-electron chi connectivity index (χ1n) is 8.77. The molecule has 0 aromatic rings. The number of rotatable bonds is 0. The highest BCUT2D eigenvalue weighted by Crippen LogP contribution is 2.65. The SMILES string of the molecule is C[C@]12CCC[C@@H]1[C@H]1CCC3=CC(=O)CC[C@]3(C)[C@@H]1CC2. The number of carbonyl (C=O) groups is 1. The number of hydrogen-bond donors (Lipinski definition) is 0. The third-order valence-electron chi connectivity index (χ3n) is 7.74. The molecule has 0 unspecified atom stereocenters. The predicted molar refractivity (Wildman–Crippen MR) is 81.3 cm³/mol. The Labute approximate surface area is 123 Å². The topological polar surface area (TPSA) is 17.1 Å². The highest BCUT2D eigenvalue weighted by atomic mass is 16.1. The van der Waals surface area contributed by atoms with Crippen LogP contribution in [0.3, 0.4) is 0 Å². The minimum atomic E-state index is 0.362. The van der Waals surface area contributed by atoms with Crippen LogP contribution in [0.15, 0.2) is 11.6 Å². The smallest absolute Gasteiger partial charge is 0.155 e. The lowest BCUT2D eigenvalue weighted by Crippen LogP contribution is -2.49. The molecule has 1 heteroatoms. The summed E-state index contributed by atoms with van der Waals surface area (Å²) in [6, 6.07) is 0. The fourth-order valence-electron chi connectivity index (χ4n) is 6.55. The second kappa shape index (κ2) is 4.21. The van der Waals surface area contributed by atoms with E-state index in [-0.39, 0.29) is 0 Å². The lowest BCUT2D eigenvalue weighted by atomic mass is 9.47. The number of carbonyl (C=O) groups excluding carboxylic acids is 1. The maximum atomic E-state index is 11.8. The van der Waals surface area contributed by atoms with Gasteiger partial charge in [-0.15, -0.1) is 0 Å². The molecule has 0 heterocycles. The summed E-state index contributed by atoms with van der Waals surface area (Å²) in [5, 5.41) is 0. The van der Waals surface area contributed by atoms with Gasteiger partial charge in [-0.25, -0.2) is 0 Å². The third-order valence-corrected chi connectivity index (χ3v) is 7.74. The molecule has 0 aliphatic heterocycles. The summed E-state index contributed by atoms with van der Waals surface area (Å²) >= 11 is 0. The molecular weight excluding hydrogens is 244 g/mol. The Bertz CT molecular complexity index is 476. The molecule has 110 valence electrons. The minimum absolute atomic E-state index is 0.362. The Balaban J connectivity index is 1.69. The van der Waals surface area contributed by atoms with E-state index in [1.165, 1.54) is 50.5 Å². The Morgan fingerprint density at radius 2 is 1.85 bits per heavy atom. The molecule has 0 spiro atoms. The fourth-order valence-corrected chi connectivity index (χ4v) is 6.55. The molecule has 0 aromatic carbocycles. The predicted octanol–water partition coefficient (Wildman–Crippen LogP) is 4.91. The number of hydrogen-bond acceptors (Lipinski definition) is 1. The van der Waals surface area contributed by atoms with Gasteiger partial charge in [0.1, 0.15) is 0 Å². The summed E-state index contributed by atoms with van der Waals surface area (Å²) in [5.41, 5.74) is 2.53. The van der Waals surface area contributed by atoms with Crippen molar-refractivity contribution in [3.8, 4) is 0 Å². The van der Waals surface area contributed by atoms with E-state index in [9.17, 15) is 4.79 Å².